The normalized spacial score (nSPS) is 11.1. The van der Waals surface area contributed by atoms with Crippen molar-refractivity contribution in [2.24, 2.45) is 0 Å². The topological polar surface area (TPSA) is 18.5 Å². The summed E-state index contributed by atoms with van der Waals surface area (Å²) >= 11 is 0. The number of ether oxygens (including phenoxy) is 2. The summed E-state index contributed by atoms with van der Waals surface area (Å²) in [6.45, 7) is 8.81. The second-order valence-corrected chi connectivity index (χ2v) is 9.13. The molecule has 0 bridgehead atoms. The molecule has 0 aliphatic heterocycles. The minimum absolute atomic E-state index is 0.123. The van der Waals surface area contributed by atoms with Gasteiger partial charge in [-0.15, -0.1) is 6.58 Å². The SMILES string of the molecule is C=CCc1ccc(OCC(C)(C)c2cccc([Si]c3ccccc3)c2)c(OC)c1. The summed E-state index contributed by atoms with van der Waals surface area (Å²) in [7, 11) is 2.33. The fourth-order valence-corrected chi connectivity index (χ4v) is 4.27. The molecule has 0 saturated carbocycles. The maximum absolute atomic E-state index is 6.19. The van der Waals surface area contributed by atoms with Crippen molar-refractivity contribution in [3.05, 3.63) is 96.6 Å². The fourth-order valence-electron chi connectivity index (χ4n) is 3.17. The first-order chi connectivity index (χ1) is 14.0. The average molecular weight is 401 g/mol. The van der Waals surface area contributed by atoms with Crippen LogP contribution in [0, 0.1) is 0 Å². The van der Waals surface area contributed by atoms with Gasteiger partial charge >= 0.3 is 0 Å². The van der Waals surface area contributed by atoms with Crippen molar-refractivity contribution >= 4 is 19.9 Å². The predicted molar refractivity (Wildman–Crippen MR) is 123 cm³/mol. The third-order valence-corrected chi connectivity index (χ3v) is 6.12. The van der Waals surface area contributed by atoms with Crippen LogP contribution in [0.15, 0.2) is 85.5 Å². The van der Waals surface area contributed by atoms with E-state index in [1.165, 1.54) is 15.9 Å². The van der Waals surface area contributed by atoms with Crippen molar-refractivity contribution in [2.75, 3.05) is 13.7 Å². The molecule has 0 unspecified atom stereocenters. The molecular formula is C26H28O2Si. The maximum atomic E-state index is 6.19. The lowest BCUT2D eigenvalue weighted by atomic mass is 9.85. The van der Waals surface area contributed by atoms with Crippen molar-refractivity contribution in [1.82, 2.24) is 0 Å². The molecule has 0 amide bonds. The quantitative estimate of drug-likeness (QED) is 0.391. The van der Waals surface area contributed by atoms with Gasteiger partial charge < -0.3 is 9.47 Å². The summed E-state index contributed by atoms with van der Waals surface area (Å²) in [4.78, 5) is 0. The van der Waals surface area contributed by atoms with Crippen molar-refractivity contribution < 1.29 is 9.47 Å². The van der Waals surface area contributed by atoms with Crippen molar-refractivity contribution in [2.45, 2.75) is 25.7 Å². The Morgan fingerprint density at radius 1 is 0.897 bits per heavy atom. The summed E-state index contributed by atoms with van der Waals surface area (Å²) in [5.74, 6) is 1.54. The molecule has 0 spiro atoms. The zero-order valence-corrected chi connectivity index (χ0v) is 18.4. The highest BCUT2D eigenvalue weighted by molar-refractivity contribution is 6.67. The van der Waals surface area contributed by atoms with E-state index >= 15 is 0 Å². The molecule has 2 radical (unpaired) electrons. The summed E-state index contributed by atoms with van der Waals surface area (Å²) in [6.07, 6.45) is 2.71. The van der Waals surface area contributed by atoms with Gasteiger partial charge in [-0.1, -0.05) is 91.0 Å². The number of methoxy groups -OCH3 is 1. The van der Waals surface area contributed by atoms with Crippen LogP contribution in [-0.2, 0) is 11.8 Å². The van der Waals surface area contributed by atoms with Crippen molar-refractivity contribution in [3.8, 4) is 11.5 Å². The monoisotopic (exact) mass is 400 g/mol. The van der Waals surface area contributed by atoms with Gasteiger partial charge in [0.25, 0.3) is 0 Å². The van der Waals surface area contributed by atoms with E-state index in [4.69, 9.17) is 9.47 Å². The summed E-state index contributed by atoms with van der Waals surface area (Å²) in [6, 6.07) is 25.5. The third kappa shape index (κ3) is 5.61. The molecule has 2 nitrogen and oxygen atoms in total. The highest BCUT2D eigenvalue weighted by Crippen LogP contribution is 2.31. The minimum Gasteiger partial charge on any atom is -0.493 e. The standard InChI is InChI=1S/C26H28O2Si/c1-5-10-20-15-16-24(25(17-20)27-4)28-19-26(2,3)21-11-9-14-23(18-21)29-22-12-7-6-8-13-22/h5-9,11-18H,1,10,19H2,2-4H3. The van der Waals surface area contributed by atoms with E-state index < -0.39 is 0 Å². The van der Waals surface area contributed by atoms with Crippen molar-refractivity contribution in [3.63, 3.8) is 0 Å². The highest BCUT2D eigenvalue weighted by Gasteiger charge is 2.23. The van der Waals surface area contributed by atoms with E-state index in [-0.39, 0.29) is 5.41 Å². The van der Waals surface area contributed by atoms with Crippen LogP contribution in [0.2, 0.25) is 0 Å². The lowest BCUT2D eigenvalue weighted by Gasteiger charge is -2.26. The molecule has 0 aromatic heterocycles. The first kappa shape index (κ1) is 20.9. The molecule has 3 aromatic rings. The molecule has 3 heteroatoms. The van der Waals surface area contributed by atoms with Gasteiger partial charge in [-0.25, -0.2) is 0 Å². The van der Waals surface area contributed by atoms with Gasteiger partial charge in [-0.05, 0) is 29.7 Å². The molecular weight excluding hydrogens is 372 g/mol. The van der Waals surface area contributed by atoms with Gasteiger partial charge in [-0.3, -0.25) is 0 Å². The second-order valence-electron chi connectivity index (χ2n) is 7.72. The van der Waals surface area contributed by atoms with Gasteiger partial charge in [0.2, 0.25) is 0 Å². The second kappa shape index (κ2) is 9.62. The Labute approximate surface area is 177 Å². The molecule has 0 atom stereocenters. The number of benzene rings is 3. The van der Waals surface area contributed by atoms with E-state index in [9.17, 15) is 0 Å². The molecule has 0 aliphatic carbocycles. The van der Waals surface area contributed by atoms with Crippen LogP contribution in [0.1, 0.15) is 25.0 Å². The summed E-state index contributed by atoms with van der Waals surface area (Å²) in [5.41, 5.74) is 2.32. The molecule has 148 valence electrons. The molecule has 3 rings (SSSR count). The maximum Gasteiger partial charge on any atom is 0.161 e. The number of hydrogen-bond acceptors (Lipinski definition) is 2. The summed E-state index contributed by atoms with van der Waals surface area (Å²) in [5, 5.41) is 2.69. The molecule has 0 heterocycles. The number of allylic oxidation sites excluding steroid dienone is 1. The lowest BCUT2D eigenvalue weighted by molar-refractivity contribution is 0.230. The minimum atomic E-state index is -0.123. The fraction of sp³-hybridized carbons (Fsp3) is 0.231. The predicted octanol–water partition coefficient (Wildman–Crippen LogP) is 4.44. The molecule has 0 fully saturated rings. The Morgan fingerprint density at radius 2 is 1.66 bits per heavy atom. The van der Waals surface area contributed by atoms with Crippen molar-refractivity contribution in [1.29, 1.82) is 0 Å². The first-order valence-electron chi connectivity index (χ1n) is 9.85. The van der Waals surface area contributed by atoms with E-state index in [0.717, 1.165) is 23.5 Å². The first-order valence-corrected chi connectivity index (χ1v) is 10.8. The number of rotatable bonds is 9. The van der Waals surface area contributed by atoms with E-state index in [0.29, 0.717) is 16.1 Å². The molecule has 0 aliphatic rings. The Kier molecular flexibility index (Phi) is 6.94. The zero-order valence-electron chi connectivity index (χ0n) is 17.4. The smallest absolute Gasteiger partial charge is 0.161 e. The van der Waals surface area contributed by atoms with E-state index in [2.05, 4.69) is 81.1 Å². The van der Waals surface area contributed by atoms with Gasteiger partial charge in [-0.2, -0.15) is 0 Å². The molecule has 29 heavy (non-hydrogen) atoms. The molecule has 0 N–H and O–H groups in total. The van der Waals surface area contributed by atoms with Gasteiger partial charge in [0.15, 0.2) is 11.5 Å². The third-order valence-electron chi connectivity index (χ3n) is 4.90. The van der Waals surface area contributed by atoms with Crippen LogP contribution >= 0.6 is 0 Å². The molecule has 3 aromatic carbocycles. The largest absolute Gasteiger partial charge is 0.493 e. The zero-order chi connectivity index (χ0) is 20.7. The summed E-state index contributed by atoms with van der Waals surface area (Å²) < 4.78 is 11.7. The average Bonchev–Trinajstić information content (AvgIpc) is 2.74. The Balaban J connectivity index is 1.73. The van der Waals surface area contributed by atoms with Gasteiger partial charge in [0.1, 0.15) is 9.52 Å². The van der Waals surface area contributed by atoms with Crippen LogP contribution in [0.3, 0.4) is 0 Å². The van der Waals surface area contributed by atoms with Crippen LogP contribution in [-0.4, -0.2) is 23.2 Å². The van der Waals surface area contributed by atoms with Gasteiger partial charge in [0.05, 0.1) is 13.7 Å². The van der Waals surface area contributed by atoms with Gasteiger partial charge in [0, 0.05) is 5.41 Å². The van der Waals surface area contributed by atoms with Crippen LogP contribution < -0.4 is 19.8 Å². The number of hydrogen-bond donors (Lipinski definition) is 0. The van der Waals surface area contributed by atoms with Crippen LogP contribution in [0.25, 0.3) is 0 Å². The van der Waals surface area contributed by atoms with E-state index in [1.807, 2.05) is 18.2 Å². The Hall–Kier alpha value is -2.78. The Morgan fingerprint density at radius 3 is 2.38 bits per heavy atom. The lowest BCUT2D eigenvalue weighted by Crippen LogP contribution is -2.31. The van der Waals surface area contributed by atoms with Crippen LogP contribution in [0.4, 0.5) is 0 Å². The van der Waals surface area contributed by atoms with E-state index in [1.54, 1.807) is 7.11 Å². The Bertz CT molecular complexity index is 948. The highest BCUT2D eigenvalue weighted by atomic mass is 28.2. The molecule has 0 saturated heterocycles. The van der Waals surface area contributed by atoms with Crippen LogP contribution in [0.5, 0.6) is 11.5 Å².